The van der Waals surface area contributed by atoms with Gasteiger partial charge in [0.2, 0.25) is 0 Å². The average molecular weight is 225 g/mol. The number of para-hydroxylation sites is 1. The second-order valence-electron chi connectivity index (χ2n) is 3.38. The Morgan fingerprint density at radius 2 is 1.53 bits per heavy atom. The number of nitrogens with zero attached hydrogens (tertiary/aromatic N) is 1. The molecular formula is C14H11NO2. The molecule has 2 radical (unpaired) electrons. The summed E-state index contributed by atoms with van der Waals surface area (Å²) in [7, 11) is 0. The Kier molecular flexibility index (Phi) is 3.76. The number of hydrogen-bond acceptors (Lipinski definition) is 3. The van der Waals surface area contributed by atoms with E-state index < -0.39 is 0 Å². The molecule has 2 aromatic carbocycles. The molecule has 0 aliphatic heterocycles. The normalized spacial score (nSPS) is 9.65. The van der Waals surface area contributed by atoms with E-state index in [0.717, 1.165) is 11.3 Å². The van der Waals surface area contributed by atoms with E-state index in [1.165, 1.54) is 11.5 Å². The van der Waals surface area contributed by atoms with Gasteiger partial charge in [0.25, 0.3) is 0 Å². The molecule has 0 heterocycles. The molecule has 0 saturated heterocycles. The van der Waals surface area contributed by atoms with Gasteiger partial charge >= 0.3 is 6.47 Å². The fourth-order valence-corrected chi connectivity index (χ4v) is 1.44. The highest BCUT2D eigenvalue weighted by Crippen LogP contribution is 2.17. The number of hydrogen-bond donors (Lipinski definition) is 0. The molecule has 0 aliphatic rings. The Bertz CT molecular complexity index is 456. The van der Waals surface area contributed by atoms with Gasteiger partial charge in [-0.15, -0.1) is 0 Å². The van der Waals surface area contributed by atoms with Crippen LogP contribution in [0.2, 0.25) is 0 Å². The number of anilines is 1. The standard InChI is InChI=1S/C14H11NO2/c16-12-17-15(14-9-5-2-6-10-14)11-13-7-3-1-4-8-13/h1-11H. The van der Waals surface area contributed by atoms with E-state index >= 15 is 0 Å². The Balaban J connectivity index is 2.16. The third-order valence-electron chi connectivity index (χ3n) is 2.21. The van der Waals surface area contributed by atoms with E-state index in [2.05, 4.69) is 0 Å². The minimum absolute atomic E-state index is 0.764. The third kappa shape index (κ3) is 3.08. The summed E-state index contributed by atoms with van der Waals surface area (Å²) >= 11 is 0. The lowest BCUT2D eigenvalue weighted by molar-refractivity contribution is 0.269. The van der Waals surface area contributed by atoms with Gasteiger partial charge in [-0.25, -0.2) is 4.79 Å². The molecule has 17 heavy (non-hydrogen) atoms. The average Bonchev–Trinajstić information content (AvgIpc) is 2.40. The van der Waals surface area contributed by atoms with Crippen LogP contribution in [0.1, 0.15) is 5.56 Å². The minimum atomic E-state index is 0.764. The minimum Gasteiger partial charge on any atom is -0.329 e. The Morgan fingerprint density at radius 1 is 0.941 bits per heavy atom. The van der Waals surface area contributed by atoms with Crippen molar-refractivity contribution in [2.75, 3.05) is 5.06 Å². The second kappa shape index (κ2) is 5.70. The summed E-state index contributed by atoms with van der Waals surface area (Å²) in [6, 6.07) is 18.9. The van der Waals surface area contributed by atoms with Crippen molar-refractivity contribution < 1.29 is 9.63 Å². The van der Waals surface area contributed by atoms with Crippen molar-refractivity contribution in [2.24, 2.45) is 0 Å². The summed E-state index contributed by atoms with van der Waals surface area (Å²) in [5, 5.41) is 1.38. The van der Waals surface area contributed by atoms with Crippen molar-refractivity contribution in [1.82, 2.24) is 0 Å². The zero-order chi connectivity index (χ0) is 11.9. The monoisotopic (exact) mass is 225 g/mol. The summed E-state index contributed by atoms with van der Waals surface area (Å²) in [6.45, 7) is 3.15. The van der Waals surface area contributed by atoms with Crippen LogP contribution in [0.3, 0.4) is 0 Å². The number of carbonyl (C=O) groups excluding carboxylic acids is 1. The van der Waals surface area contributed by atoms with Gasteiger partial charge in [-0.3, -0.25) is 0 Å². The van der Waals surface area contributed by atoms with Crippen molar-refractivity contribution in [3.05, 3.63) is 72.8 Å². The van der Waals surface area contributed by atoms with Gasteiger partial charge in [0.15, 0.2) is 0 Å². The number of rotatable bonds is 5. The third-order valence-corrected chi connectivity index (χ3v) is 2.21. The topological polar surface area (TPSA) is 29.5 Å². The largest absolute Gasteiger partial charge is 0.444 e. The van der Waals surface area contributed by atoms with Crippen LogP contribution in [0, 0.1) is 6.54 Å². The van der Waals surface area contributed by atoms with Gasteiger partial charge < -0.3 is 4.84 Å². The second-order valence-corrected chi connectivity index (χ2v) is 3.38. The van der Waals surface area contributed by atoms with E-state index in [0.29, 0.717) is 0 Å². The van der Waals surface area contributed by atoms with Crippen molar-refractivity contribution in [3.8, 4) is 0 Å². The zero-order valence-electron chi connectivity index (χ0n) is 9.11. The first kappa shape index (κ1) is 11.2. The first-order valence-electron chi connectivity index (χ1n) is 5.18. The van der Waals surface area contributed by atoms with Crippen LogP contribution in [-0.4, -0.2) is 6.47 Å². The SMILES string of the molecule is O=[C]ON([CH]c1ccccc1)c1ccccc1. The quantitative estimate of drug-likeness (QED) is 0.733. The predicted molar refractivity (Wildman–Crippen MR) is 65.5 cm³/mol. The van der Waals surface area contributed by atoms with Crippen molar-refractivity contribution in [3.63, 3.8) is 0 Å². The van der Waals surface area contributed by atoms with Gasteiger partial charge in [0.05, 0.1) is 5.69 Å². The molecule has 2 aromatic rings. The van der Waals surface area contributed by atoms with E-state index in [4.69, 9.17) is 4.84 Å². The molecule has 2 rings (SSSR count). The molecule has 0 spiro atoms. The highest BCUT2D eigenvalue weighted by atomic mass is 16.7. The highest BCUT2D eigenvalue weighted by Gasteiger charge is 2.08. The Labute approximate surface area is 100 Å². The summed E-state index contributed by atoms with van der Waals surface area (Å²) in [5.74, 6) is 0. The number of benzene rings is 2. The zero-order valence-corrected chi connectivity index (χ0v) is 9.11. The van der Waals surface area contributed by atoms with Crippen molar-refractivity contribution in [1.29, 1.82) is 0 Å². The maximum atomic E-state index is 10.4. The molecule has 0 aromatic heterocycles. The lowest BCUT2D eigenvalue weighted by Gasteiger charge is -2.19. The first-order valence-corrected chi connectivity index (χ1v) is 5.18. The van der Waals surface area contributed by atoms with Crippen LogP contribution < -0.4 is 5.06 Å². The molecule has 0 saturated carbocycles. The lowest BCUT2D eigenvalue weighted by Crippen LogP contribution is -2.20. The summed E-state index contributed by atoms with van der Waals surface area (Å²) in [5.41, 5.74) is 1.70. The lowest BCUT2D eigenvalue weighted by atomic mass is 10.2. The van der Waals surface area contributed by atoms with Crippen LogP contribution in [0.15, 0.2) is 60.7 Å². The molecule has 3 heteroatoms. The fourth-order valence-electron chi connectivity index (χ4n) is 1.44. The maximum Gasteiger partial charge on any atom is 0.444 e. The number of hydroxylamine groups is 1. The molecule has 0 amide bonds. The van der Waals surface area contributed by atoms with Crippen LogP contribution in [0.25, 0.3) is 0 Å². The van der Waals surface area contributed by atoms with Gasteiger partial charge in [0.1, 0.15) is 6.54 Å². The van der Waals surface area contributed by atoms with Gasteiger partial charge in [-0.05, 0) is 17.7 Å². The van der Waals surface area contributed by atoms with Crippen LogP contribution in [0.5, 0.6) is 0 Å². The molecule has 0 fully saturated rings. The molecular weight excluding hydrogens is 214 g/mol. The van der Waals surface area contributed by atoms with Crippen LogP contribution >= 0.6 is 0 Å². The molecule has 0 bridgehead atoms. The summed E-state index contributed by atoms with van der Waals surface area (Å²) in [6.07, 6.45) is 0. The van der Waals surface area contributed by atoms with Gasteiger partial charge in [0, 0.05) is 0 Å². The van der Waals surface area contributed by atoms with Gasteiger partial charge in [-0.2, -0.15) is 5.06 Å². The smallest absolute Gasteiger partial charge is 0.329 e. The van der Waals surface area contributed by atoms with E-state index in [-0.39, 0.29) is 0 Å². The molecule has 0 N–H and O–H groups in total. The van der Waals surface area contributed by atoms with E-state index in [1.807, 2.05) is 60.7 Å². The summed E-state index contributed by atoms with van der Waals surface area (Å²) in [4.78, 5) is 15.2. The van der Waals surface area contributed by atoms with Crippen molar-refractivity contribution in [2.45, 2.75) is 0 Å². The van der Waals surface area contributed by atoms with E-state index in [9.17, 15) is 4.79 Å². The fraction of sp³-hybridized carbons (Fsp3) is 0. The Hall–Kier alpha value is -2.29. The van der Waals surface area contributed by atoms with Crippen molar-refractivity contribution >= 4 is 12.2 Å². The molecule has 84 valence electrons. The molecule has 0 atom stereocenters. The first-order chi connectivity index (χ1) is 8.40. The van der Waals surface area contributed by atoms with Crippen LogP contribution in [0.4, 0.5) is 5.69 Å². The predicted octanol–water partition coefficient (Wildman–Crippen LogP) is 2.70. The molecule has 0 aliphatic carbocycles. The molecule has 3 nitrogen and oxygen atoms in total. The van der Waals surface area contributed by atoms with E-state index in [1.54, 1.807) is 6.54 Å². The molecule has 0 unspecified atom stereocenters. The van der Waals surface area contributed by atoms with Gasteiger partial charge in [-0.1, -0.05) is 48.5 Å². The highest BCUT2D eigenvalue weighted by molar-refractivity contribution is 5.52. The summed E-state index contributed by atoms with van der Waals surface area (Å²) < 4.78 is 0. The maximum absolute atomic E-state index is 10.4. The Morgan fingerprint density at radius 3 is 2.12 bits per heavy atom. The van der Waals surface area contributed by atoms with Crippen LogP contribution in [-0.2, 0) is 9.63 Å².